The minimum absolute atomic E-state index is 0.0242. The molecule has 0 saturated heterocycles. The number of rotatable bonds is 8. The van der Waals surface area contributed by atoms with Crippen LogP contribution in [0.4, 0.5) is 0 Å². The fourth-order valence-corrected chi connectivity index (χ4v) is 3.39. The first-order valence-electron chi connectivity index (χ1n) is 8.96. The first kappa shape index (κ1) is 18.4. The molecule has 0 aromatic heterocycles. The molecule has 0 unspecified atom stereocenters. The second kappa shape index (κ2) is 8.23. The molecule has 2 rings (SSSR count). The molecule has 0 aliphatic carbocycles. The molecule has 0 bridgehead atoms. The summed E-state index contributed by atoms with van der Waals surface area (Å²) in [5.41, 5.74) is 2.62. The highest BCUT2D eigenvalue weighted by Crippen LogP contribution is 2.39. The van der Waals surface area contributed by atoms with Crippen LogP contribution in [0.5, 0.6) is 11.5 Å². The number of hydrogen-bond donors (Lipinski definition) is 0. The minimum atomic E-state index is -0.0242. The Kier molecular flexibility index (Phi) is 6.30. The highest BCUT2D eigenvalue weighted by Gasteiger charge is 2.30. The van der Waals surface area contributed by atoms with Crippen molar-refractivity contribution in [2.24, 2.45) is 5.92 Å². The normalized spacial score (nSPS) is 11.6. The van der Waals surface area contributed by atoms with E-state index in [9.17, 15) is 0 Å². The zero-order valence-corrected chi connectivity index (χ0v) is 15.6. The van der Waals surface area contributed by atoms with Gasteiger partial charge in [-0.1, -0.05) is 45.0 Å². The Morgan fingerprint density at radius 2 is 1.12 bits per heavy atom. The first-order valence-corrected chi connectivity index (χ1v) is 8.96. The topological polar surface area (TPSA) is 18.5 Å². The molecule has 0 aliphatic rings. The molecule has 0 N–H and O–H groups in total. The maximum atomic E-state index is 5.59. The smallest absolute Gasteiger partial charge is 0.119 e. The summed E-state index contributed by atoms with van der Waals surface area (Å²) in [5.74, 6) is 2.47. The van der Waals surface area contributed by atoms with E-state index in [0.29, 0.717) is 19.1 Å². The Labute approximate surface area is 146 Å². The van der Waals surface area contributed by atoms with Crippen molar-refractivity contribution in [1.29, 1.82) is 0 Å². The maximum Gasteiger partial charge on any atom is 0.119 e. The van der Waals surface area contributed by atoms with Crippen molar-refractivity contribution in [3.05, 3.63) is 59.7 Å². The molecule has 0 atom stereocenters. The van der Waals surface area contributed by atoms with E-state index in [4.69, 9.17) is 9.47 Å². The Balaban J connectivity index is 2.37. The molecule has 2 heteroatoms. The van der Waals surface area contributed by atoms with Gasteiger partial charge in [-0.2, -0.15) is 0 Å². The highest BCUT2D eigenvalue weighted by atomic mass is 16.5. The molecular weight excluding hydrogens is 296 g/mol. The number of benzene rings is 2. The van der Waals surface area contributed by atoms with Crippen LogP contribution in [0.2, 0.25) is 0 Å². The first-order chi connectivity index (χ1) is 11.5. The summed E-state index contributed by atoms with van der Waals surface area (Å²) >= 11 is 0. The monoisotopic (exact) mass is 326 g/mol. The van der Waals surface area contributed by atoms with Gasteiger partial charge in [0, 0.05) is 5.41 Å². The van der Waals surface area contributed by atoms with Gasteiger partial charge in [0.15, 0.2) is 0 Å². The van der Waals surface area contributed by atoms with Gasteiger partial charge in [-0.15, -0.1) is 0 Å². The average molecular weight is 326 g/mol. The quantitative estimate of drug-likeness (QED) is 0.607. The van der Waals surface area contributed by atoms with E-state index in [2.05, 4.69) is 69.3 Å². The molecule has 0 spiro atoms. The summed E-state index contributed by atoms with van der Waals surface area (Å²) < 4.78 is 11.2. The Bertz CT molecular complexity index is 562. The largest absolute Gasteiger partial charge is 0.494 e. The van der Waals surface area contributed by atoms with Gasteiger partial charge in [0.05, 0.1) is 13.2 Å². The third-order valence-corrected chi connectivity index (χ3v) is 4.42. The molecule has 24 heavy (non-hydrogen) atoms. The van der Waals surface area contributed by atoms with Gasteiger partial charge in [0.2, 0.25) is 0 Å². The van der Waals surface area contributed by atoms with Gasteiger partial charge in [-0.25, -0.2) is 0 Å². The molecule has 0 heterocycles. The number of ether oxygens (including phenoxy) is 2. The Hall–Kier alpha value is -1.96. The van der Waals surface area contributed by atoms with E-state index in [0.717, 1.165) is 17.9 Å². The predicted molar refractivity (Wildman–Crippen MR) is 101 cm³/mol. The maximum absolute atomic E-state index is 5.59. The summed E-state index contributed by atoms with van der Waals surface area (Å²) in [6, 6.07) is 17.1. The van der Waals surface area contributed by atoms with Gasteiger partial charge >= 0.3 is 0 Å². The summed E-state index contributed by atoms with van der Waals surface area (Å²) in [4.78, 5) is 0. The predicted octanol–water partition coefficient (Wildman–Crippen LogP) is 5.84. The van der Waals surface area contributed by atoms with E-state index >= 15 is 0 Å². The molecule has 0 radical (unpaired) electrons. The van der Waals surface area contributed by atoms with Crippen molar-refractivity contribution < 1.29 is 9.47 Å². The summed E-state index contributed by atoms with van der Waals surface area (Å²) in [6.07, 6.45) is 1.09. The van der Waals surface area contributed by atoms with Crippen LogP contribution in [0.3, 0.4) is 0 Å². The Morgan fingerprint density at radius 3 is 1.42 bits per heavy atom. The fourth-order valence-electron chi connectivity index (χ4n) is 3.39. The lowest BCUT2D eigenvalue weighted by molar-refractivity contribution is 0.339. The van der Waals surface area contributed by atoms with Crippen LogP contribution in [0.25, 0.3) is 0 Å². The second-order valence-corrected chi connectivity index (χ2v) is 6.84. The van der Waals surface area contributed by atoms with E-state index in [1.807, 2.05) is 13.8 Å². The Morgan fingerprint density at radius 1 is 0.750 bits per heavy atom. The molecule has 2 aromatic rings. The van der Waals surface area contributed by atoms with Crippen LogP contribution < -0.4 is 9.47 Å². The molecule has 0 aliphatic heterocycles. The molecule has 2 aromatic carbocycles. The molecule has 0 saturated carbocycles. The average Bonchev–Trinajstić information content (AvgIpc) is 2.56. The lowest BCUT2D eigenvalue weighted by Gasteiger charge is -2.33. The lowest BCUT2D eigenvalue weighted by Crippen LogP contribution is -2.25. The number of hydrogen-bond acceptors (Lipinski definition) is 2. The van der Waals surface area contributed by atoms with Crippen LogP contribution in [0.15, 0.2) is 48.5 Å². The van der Waals surface area contributed by atoms with Crippen molar-refractivity contribution in [3.63, 3.8) is 0 Å². The van der Waals surface area contributed by atoms with Crippen LogP contribution in [0.1, 0.15) is 52.2 Å². The summed E-state index contributed by atoms with van der Waals surface area (Å²) in [7, 11) is 0. The van der Waals surface area contributed by atoms with Gasteiger partial charge in [0.1, 0.15) is 11.5 Å². The standard InChI is InChI=1S/C22H30O2/c1-6-23-20-12-8-18(9-13-20)22(5,16-17(3)4)19-10-14-21(15-11-19)24-7-2/h8-15,17H,6-7,16H2,1-5H3. The third-order valence-electron chi connectivity index (χ3n) is 4.42. The van der Waals surface area contributed by atoms with Crippen molar-refractivity contribution in [1.82, 2.24) is 0 Å². The van der Waals surface area contributed by atoms with Crippen molar-refractivity contribution >= 4 is 0 Å². The summed E-state index contributed by atoms with van der Waals surface area (Å²) in [6.45, 7) is 12.3. The van der Waals surface area contributed by atoms with Gasteiger partial charge < -0.3 is 9.47 Å². The molecule has 2 nitrogen and oxygen atoms in total. The molecule has 0 amide bonds. The SMILES string of the molecule is CCOc1ccc(C(C)(CC(C)C)c2ccc(OCC)cc2)cc1. The van der Waals surface area contributed by atoms with E-state index < -0.39 is 0 Å². The van der Waals surface area contributed by atoms with Crippen molar-refractivity contribution in [2.75, 3.05) is 13.2 Å². The van der Waals surface area contributed by atoms with Crippen molar-refractivity contribution in [3.8, 4) is 11.5 Å². The molecular formula is C22H30O2. The summed E-state index contributed by atoms with van der Waals surface area (Å²) in [5, 5.41) is 0. The lowest BCUT2D eigenvalue weighted by atomic mass is 9.71. The van der Waals surface area contributed by atoms with Gasteiger partial charge in [0.25, 0.3) is 0 Å². The van der Waals surface area contributed by atoms with Crippen molar-refractivity contribution in [2.45, 2.75) is 46.5 Å². The van der Waals surface area contributed by atoms with E-state index in [-0.39, 0.29) is 5.41 Å². The highest BCUT2D eigenvalue weighted by molar-refractivity contribution is 5.42. The van der Waals surface area contributed by atoms with Crippen LogP contribution in [-0.4, -0.2) is 13.2 Å². The van der Waals surface area contributed by atoms with Crippen LogP contribution in [0, 0.1) is 5.92 Å². The minimum Gasteiger partial charge on any atom is -0.494 e. The molecule has 0 fully saturated rings. The zero-order valence-electron chi connectivity index (χ0n) is 15.6. The second-order valence-electron chi connectivity index (χ2n) is 6.84. The van der Waals surface area contributed by atoms with Crippen LogP contribution in [-0.2, 0) is 5.41 Å². The fraction of sp³-hybridized carbons (Fsp3) is 0.455. The van der Waals surface area contributed by atoms with E-state index in [1.165, 1.54) is 11.1 Å². The van der Waals surface area contributed by atoms with E-state index in [1.54, 1.807) is 0 Å². The third kappa shape index (κ3) is 4.31. The van der Waals surface area contributed by atoms with Crippen LogP contribution >= 0.6 is 0 Å². The van der Waals surface area contributed by atoms with Gasteiger partial charge in [-0.3, -0.25) is 0 Å². The van der Waals surface area contributed by atoms with Gasteiger partial charge in [-0.05, 0) is 61.6 Å². The molecule has 130 valence electrons. The zero-order chi connectivity index (χ0) is 17.6.